The maximum absolute atomic E-state index is 5.63. The van der Waals surface area contributed by atoms with Gasteiger partial charge in [0.2, 0.25) is 0 Å². The fourth-order valence-electron chi connectivity index (χ4n) is 2.48. The van der Waals surface area contributed by atoms with Crippen LogP contribution in [-0.4, -0.2) is 33.0 Å². The van der Waals surface area contributed by atoms with Crippen molar-refractivity contribution in [1.82, 2.24) is 5.32 Å². The summed E-state index contributed by atoms with van der Waals surface area (Å²) in [6.07, 6.45) is 7.79. The second-order valence-corrected chi connectivity index (χ2v) is 4.73. The van der Waals surface area contributed by atoms with E-state index in [0.29, 0.717) is 6.54 Å². The third-order valence-corrected chi connectivity index (χ3v) is 3.51. The van der Waals surface area contributed by atoms with Gasteiger partial charge in [-0.15, -0.1) is 6.42 Å². The number of hydrogen-bond acceptors (Lipinski definition) is 4. The fourth-order valence-corrected chi connectivity index (χ4v) is 2.48. The van der Waals surface area contributed by atoms with E-state index in [0.717, 1.165) is 36.5 Å². The number of ether oxygens (including phenoxy) is 3. The van der Waals surface area contributed by atoms with Gasteiger partial charge in [0.1, 0.15) is 0 Å². The normalized spacial score (nSPS) is 19.4. The molecule has 1 aromatic carbocycles. The monoisotopic (exact) mass is 275 g/mol. The molecule has 1 fully saturated rings. The van der Waals surface area contributed by atoms with Gasteiger partial charge < -0.3 is 14.2 Å². The molecule has 0 saturated carbocycles. The van der Waals surface area contributed by atoms with Crippen LogP contribution in [0.3, 0.4) is 0 Å². The minimum atomic E-state index is -0.0755. The smallest absolute Gasteiger partial charge is 0.165 e. The Morgan fingerprint density at radius 1 is 1.45 bits per heavy atom. The summed E-state index contributed by atoms with van der Waals surface area (Å²) >= 11 is 0. The van der Waals surface area contributed by atoms with Crippen molar-refractivity contribution in [2.45, 2.75) is 31.5 Å². The maximum atomic E-state index is 5.63. The molecule has 20 heavy (non-hydrogen) atoms. The van der Waals surface area contributed by atoms with E-state index < -0.39 is 0 Å². The van der Waals surface area contributed by atoms with Gasteiger partial charge in [-0.2, -0.15) is 0 Å². The number of para-hydroxylation sites is 1. The van der Waals surface area contributed by atoms with Crippen molar-refractivity contribution in [3.63, 3.8) is 0 Å². The minimum Gasteiger partial charge on any atom is -0.493 e. The number of terminal acetylenes is 1. The Bertz CT molecular complexity index is 475. The van der Waals surface area contributed by atoms with Gasteiger partial charge in [0.25, 0.3) is 0 Å². The summed E-state index contributed by atoms with van der Waals surface area (Å²) in [6.45, 7) is 1.42. The van der Waals surface area contributed by atoms with Crippen LogP contribution in [0.5, 0.6) is 11.5 Å². The molecular formula is C16H21NO3. The lowest BCUT2D eigenvalue weighted by molar-refractivity contribution is 0.0933. The molecule has 0 aliphatic carbocycles. The lowest BCUT2D eigenvalue weighted by atomic mass is 10.1. The molecule has 1 N–H and O–H groups in total. The number of rotatable bonds is 6. The van der Waals surface area contributed by atoms with Crippen LogP contribution >= 0.6 is 0 Å². The Hall–Kier alpha value is -1.70. The van der Waals surface area contributed by atoms with Crippen molar-refractivity contribution in [3.8, 4) is 23.8 Å². The fraction of sp³-hybridized carbons (Fsp3) is 0.500. The Morgan fingerprint density at radius 2 is 2.30 bits per heavy atom. The summed E-state index contributed by atoms with van der Waals surface area (Å²) in [4.78, 5) is 0. The highest BCUT2D eigenvalue weighted by Crippen LogP contribution is 2.30. The van der Waals surface area contributed by atoms with Crippen LogP contribution in [0.4, 0.5) is 0 Å². The summed E-state index contributed by atoms with van der Waals surface area (Å²) in [5.74, 6) is 4.24. The first-order valence-electron chi connectivity index (χ1n) is 6.81. The van der Waals surface area contributed by atoms with Crippen molar-refractivity contribution in [3.05, 3.63) is 23.8 Å². The molecule has 0 radical (unpaired) electrons. The van der Waals surface area contributed by atoms with Gasteiger partial charge in [0.05, 0.1) is 26.4 Å². The lowest BCUT2D eigenvalue weighted by Crippen LogP contribution is -2.38. The van der Waals surface area contributed by atoms with E-state index >= 15 is 0 Å². The molecule has 1 heterocycles. The van der Waals surface area contributed by atoms with Gasteiger partial charge in [-0.25, -0.2) is 0 Å². The quantitative estimate of drug-likeness (QED) is 0.806. The first-order valence-corrected chi connectivity index (χ1v) is 6.81. The van der Waals surface area contributed by atoms with Gasteiger partial charge in [-0.3, -0.25) is 5.32 Å². The van der Waals surface area contributed by atoms with Crippen molar-refractivity contribution in [1.29, 1.82) is 0 Å². The number of benzene rings is 1. The lowest BCUT2D eigenvalue weighted by Gasteiger charge is -2.20. The summed E-state index contributed by atoms with van der Waals surface area (Å²) in [7, 11) is 3.27. The zero-order valence-corrected chi connectivity index (χ0v) is 12.0. The molecular weight excluding hydrogens is 254 g/mol. The Labute approximate surface area is 120 Å². The zero-order valence-electron chi connectivity index (χ0n) is 12.0. The van der Waals surface area contributed by atoms with Crippen LogP contribution in [0, 0.1) is 12.3 Å². The SMILES string of the molecule is C#C[C@@H](NCc1cccc(OC)c1OC)[C@@H]1CCCO1. The maximum Gasteiger partial charge on any atom is 0.165 e. The Kier molecular flexibility index (Phi) is 5.28. The summed E-state index contributed by atoms with van der Waals surface area (Å²) in [5.41, 5.74) is 1.02. The third kappa shape index (κ3) is 3.24. The molecule has 0 amide bonds. The highest BCUT2D eigenvalue weighted by Gasteiger charge is 2.24. The Balaban J connectivity index is 2.04. The van der Waals surface area contributed by atoms with Gasteiger partial charge >= 0.3 is 0 Å². The van der Waals surface area contributed by atoms with Crippen LogP contribution in [0.2, 0.25) is 0 Å². The minimum absolute atomic E-state index is 0.0755. The van der Waals surface area contributed by atoms with E-state index in [2.05, 4.69) is 11.2 Å². The largest absolute Gasteiger partial charge is 0.493 e. The summed E-state index contributed by atoms with van der Waals surface area (Å²) in [5, 5.41) is 3.36. The summed E-state index contributed by atoms with van der Waals surface area (Å²) < 4.78 is 16.3. The number of hydrogen-bond donors (Lipinski definition) is 1. The predicted molar refractivity (Wildman–Crippen MR) is 78.0 cm³/mol. The van der Waals surface area contributed by atoms with E-state index in [-0.39, 0.29) is 12.1 Å². The molecule has 0 aromatic heterocycles. The van der Waals surface area contributed by atoms with Gasteiger partial charge in [-0.05, 0) is 18.9 Å². The Morgan fingerprint density at radius 3 is 2.90 bits per heavy atom. The molecule has 1 aliphatic heterocycles. The van der Waals surface area contributed by atoms with E-state index in [9.17, 15) is 0 Å². The second-order valence-electron chi connectivity index (χ2n) is 4.73. The van der Waals surface area contributed by atoms with Gasteiger partial charge in [0, 0.05) is 18.7 Å². The second kappa shape index (κ2) is 7.18. The van der Waals surface area contributed by atoms with E-state index in [1.54, 1.807) is 14.2 Å². The van der Waals surface area contributed by atoms with Crippen molar-refractivity contribution in [2.24, 2.45) is 0 Å². The van der Waals surface area contributed by atoms with Crippen LogP contribution in [-0.2, 0) is 11.3 Å². The average Bonchev–Trinajstić information content (AvgIpc) is 3.01. The number of methoxy groups -OCH3 is 2. The molecule has 2 atom stereocenters. The molecule has 1 aliphatic rings. The number of nitrogens with one attached hydrogen (secondary N) is 1. The van der Waals surface area contributed by atoms with E-state index in [4.69, 9.17) is 20.6 Å². The van der Waals surface area contributed by atoms with E-state index in [1.807, 2.05) is 18.2 Å². The molecule has 4 nitrogen and oxygen atoms in total. The van der Waals surface area contributed by atoms with Crippen molar-refractivity contribution < 1.29 is 14.2 Å². The molecule has 0 unspecified atom stereocenters. The van der Waals surface area contributed by atoms with Crippen LogP contribution < -0.4 is 14.8 Å². The van der Waals surface area contributed by atoms with Crippen molar-refractivity contribution in [2.75, 3.05) is 20.8 Å². The third-order valence-electron chi connectivity index (χ3n) is 3.51. The molecule has 108 valence electrons. The zero-order chi connectivity index (χ0) is 14.4. The summed E-state index contributed by atoms with van der Waals surface area (Å²) in [6, 6.07) is 5.74. The van der Waals surface area contributed by atoms with E-state index in [1.165, 1.54) is 0 Å². The molecule has 4 heteroatoms. The molecule has 0 bridgehead atoms. The van der Waals surface area contributed by atoms with Gasteiger partial charge in [-0.1, -0.05) is 18.1 Å². The molecule has 2 rings (SSSR count). The average molecular weight is 275 g/mol. The first kappa shape index (κ1) is 14.7. The predicted octanol–water partition coefficient (Wildman–Crippen LogP) is 1.97. The highest BCUT2D eigenvalue weighted by atomic mass is 16.5. The van der Waals surface area contributed by atoms with Crippen molar-refractivity contribution >= 4 is 0 Å². The highest BCUT2D eigenvalue weighted by molar-refractivity contribution is 5.46. The molecule has 1 saturated heterocycles. The first-order chi connectivity index (χ1) is 9.80. The standard InChI is InChI=1S/C16H21NO3/c1-4-13(14-9-6-10-20-14)17-11-12-7-5-8-15(18-2)16(12)19-3/h1,5,7-8,13-14,17H,6,9-11H2,2-3H3/t13-,14+/m1/s1. The molecule has 0 spiro atoms. The van der Waals surface area contributed by atoms with Crippen LogP contribution in [0.25, 0.3) is 0 Å². The van der Waals surface area contributed by atoms with Gasteiger partial charge in [0.15, 0.2) is 11.5 Å². The topological polar surface area (TPSA) is 39.7 Å². The molecule has 1 aromatic rings. The van der Waals surface area contributed by atoms with Crippen LogP contribution in [0.15, 0.2) is 18.2 Å². The van der Waals surface area contributed by atoms with Crippen LogP contribution in [0.1, 0.15) is 18.4 Å².